The maximum atomic E-state index is 13.3. The summed E-state index contributed by atoms with van der Waals surface area (Å²) >= 11 is 1.55. The van der Waals surface area contributed by atoms with Gasteiger partial charge in [0, 0.05) is 22.8 Å². The molecular weight excluding hydrogens is 358 g/mol. The van der Waals surface area contributed by atoms with Gasteiger partial charge in [0.1, 0.15) is 5.54 Å². The summed E-state index contributed by atoms with van der Waals surface area (Å²) in [6, 6.07) is 12.0. The third-order valence-corrected chi connectivity index (χ3v) is 6.20. The van der Waals surface area contributed by atoms with Crippen molar-refractivity contribution >= 4 is 22.4 Å². The molecule has 0 unspecified atom stereocenters. The molecule has 7 heteroatoms. The number of hydrogen-bond donors (Lipinski definition) is 2. The summed E-state index contributed by atoms with van der Waals surface area (Å²) in [5, 5.41) is 11.4. The van der Waals surface area contributed by atoms with E-state index in [1.165, 1.54) is 4.88 Å². The molecule has 3 heterocycles. The molecule has 0 bridgehead atoms. The van der Waals surface area contributed by atoms with Gasteiger partial charge < -0.3 is 5.32 Å². The Morgan fingerprint density at radius 1 is 1.26 bits per heavy atom. The van der Waals surface area contributed by atoms with Crippen LogP contribution < -0.4 is 10.6 Å². The number of rotatable bonds is 5. The Balaban J connectivity index is 1.63. The molecule has 0 saturated carbocycles. The normalized spacial score (nSPS) is 16.2. The molecule has 0 radical (unpaired) electrons. The summed E-state index contributed by atoms with van der Waals surface area (Å²) in [7, 11) is 0. The molecule has 4 rings (SSSR count). The number of amides is 1. The lowest BCUT2D eigenvalue weighted by molar-refractivity contribution is -0.126. The van der Waals surface area contributed by atoms with Gasteiger partial charge in [0.2, 0.25) is 0 Å². The minimum atomic E-state index is -0.667. The zero-order chi connectivity index (χ0) is 18.7. The smallest absolute Gasteiger partial charge is 0.254 e. The van der Waals surface area contributed by atoms with Crippen molar-refractivity contribution in [3.05, 3.63) is 53.7 Å². The van der Waals surface area contributed by atoms with Crippen molar-refractivity contribution < 1.29 is 4.79 Å². The molecule has 0 spiro atoms. The number of aryl methyl sites for hydroxylation is 1. The predicted molar refractivity (Wildman–Crippen MR) is 108 cm³/mol. The summed E-state index contributed by atoms with van der Waals surface area (Å²) in [5.41, 5.74) is 1.37. The largest absolute Gasteiger partial charge is 0.317 e. The molecule has 27 heavy (non-hydrogen) atoms. The van der Waals surface area contributed by atoms with E-state index in [4.69, 9.17) is 4.98 Å². The molecule has 140 valence electrons. The molecule has 1 amide bonds. The summed E-state index contributed by atoms with van der Waals surface area (Å²) in [6.45, 7) is 3.70. The van der Waals surface area contributed by atoms with E-state index in [1.54, 1.807) is 22.2 Å². The van der Waals surface area contributed by atoms with E-state index >= 15 is 0 Å². The molecule has 3 aromatic rings. The van der Waals surface area contributed by atoms with Gasteiger partial charge in [0.05, 0.1) is 5.69 Å². The number of benzene rings is 1. The SMILES string of the molecule is CCc1sc(NC(=O)C2(n3cccn3)CCNCC2)nc1-c1ccccc1. The minimum absolute atomic E-state index is 0.0382. The number of nitrogens with one attached hydrogen (secondary N) is 2. The fourth-order valence-electron chi connectivity index (χ4n) is 3.60. The van der Waals surface area contributed by atoms with Crippen LogP contribution in [0.2, 0.25) is 0 Å². The van der Waals surface area contributed by atoms with Crippen molar-refractivity contribution in [2.75, 3.05) is 18.4 Å². The number of aromatic nitrogens is 3. The van der Waals surface area contributed by atoms with Crippen molar-refractivity contribution in [1.82, 2.24) is 20.1 Å². The van der Waals surface area contributed by atoms with E-state index in [0.717, 1.165) is 30.8 Å². The first-order valence-electron chi connectivity index (χ1n) is 9.30. The van der Waals surface area contributed by atoms with Gasteiger partial charge in [-0.2, -0.15) is 5.10 Å². The second-order valence-corrected chi connectivity index (χ2v) is 7.78. The third kappa shape index (κ3) is 3.40. The quantitative estimate of drug-likeness (QED) is 0.711. The standard InChI is InChI=1S/C20H23N5OS/c1-2-16-17(15-7-4-3-5-8-15)23-19(27-16)24-18(26)20(9-12-21-13-10-20)25-14-6-11-22-25/h3-8,11,14,21H,2,9-10,12-13H2,1H3,(H,23,24,26). The second-order valence-electron chi connectivity index (χ2n) is 6.70. The fraction of sp³-hybridized carbons (Fsp3) is 0.350. The van der Waals surface area contributed by atoms with E-state index < -0.39 is 5.54 Å². The van der Waals surface area contributed by atoms with E-state index in [9.17, 15) is 4.79 Å². The van der Waals surface area contributed by atoms with Crippen LogP contribution >= 0.6 is 11.3 Å². The summed E-state index contributed by atoms with van der Waals surface area (Å²) in [4.78, 5) is 19.2. The summed E-state index contributed by atoms with van der Waals surface area (Å²) in [5.74, 6) is -0.0382. The van der Waals surface area contributed by atoms with Gasteiger partial charge in [0.15, 0.2) is 5.13 Å². The van der Waals surface area contributed by atoms with Crippen molar-refractivity contribution in [2.45, 2.75) is 31.7 Å². The zero-order valence-corrected chi connectivity index (χ0v) is 16.1. The highest BCUT2D eigenvalue weighted by molar-refractivity contribution is 7.16. The summed E-state index contributed by atoms with van der Waals surface area (Å²) < 4.78 is 1.80. The fourth-order valence-corrected chi connectivity index (χ4v) is 4.52. The molecule has 1 aliphatic heterocycles. The van der Waals surface area contributed by atoms with Gasteiger partial charge in [-0.1, -0.05) is 37.3 Å². The van der Waals surface area contributed by atoms with Crippen molar-refractivity contribution in [2.24, 2.45) is 0 Å². The molecule has 1 saturated heterocycles. The Bertz CT molecular complexity index is 898. The first kappa shape index (κ1) is 17.9. The van der Waals surface area contributed by atoms with Gasteiger partial charge in [-0.05, 0) is 38.4 Å². The van der Waals surface area contributed by atoms with E-state index in [0.29, 0.717) is 18.0 Å². The van der Waals surface area contributed by atoms with E-state index in [-0.39, 0.29) is 5.91 Å². The van der Waals surface area contributed by atoms with E-state index in [1.807, 2.05) is 30.5 Å². The van der Waals surface area contributed by atoms with Crippen LogP contribution in [0.15, 0.2) is 48.8 Å². The first-order chi connectivity index (χ1) is 13.2. The number of carbonyl (C=O) groups is 1. The molecule has 0 aliphatic carbocycles. The lowest BCUT2D eigenvalue weighted by atomic mass is 9.87. The van der Waals surface area contributed by atoms with Crippen molar-refractivity contribution in [3.8, 4) is 11.3 Å². The van der Waals surface area contributed by atoms with Crippen molar-refractivity contribution in [1.29, 1.82) is 0 Å². The highest BCUT2D eigenvalue weighted by Gasteiger charge is 2.42. The Hall–Kier alpha value is -2.51. The molecule has 1 aromatic carbocycles. The van der Waals surface area contributed by atoms with Gasteiger partial charge in [-0.15, -0.1) is 11.3 Å². The van der Waals surface area contributed by atoms with Crippen LogP contribution in [-0.4, -0.2) is 33.8 Å². The molecular formula is C20H23N5OS. The highest BCUT2D eigenvalue weighted by Crippen LogP contribution is 2.34. The number of anilines is 1. The van der Waals surface area contributed by atoms with Crippen LogP contribution in [0.25, 0.3) is 11.3 Å². The van der Waals surface area contributed by atoms with Gasteiger partial charge in [-0.25, -0.2) is 4.98 Å². The third-order valence-electron chi connectivity index (χ3n) is 5.08. The number of hydrogen-bond acceptors (Lipinski definition) is 5. The van der Waals surface area contributed by atoms with E-state index in [2.05, 4.69) is 34.8 Å². The minimum Gasteiger partial charge on any atom is -0.317 e. The maximum absolute atomic E-state index is 13.3. The molecule has 2 N–H and O–H groups in total. The Morgan fingerprint density at radius 2 is 2.04 bits per heavy atom. The van der Waals surface area contributed by atoms with Crippen LogP contribution in [0.5, 0.6) is 0 Å². The highest BCUT2D eigenvalue weighted by atomic mass is 32.1. The lowest BCUT2D eigenvalue weighted by Crippen LogP contribution is -2.52. The topological polar surface area (TPSA) is 71.8 Å². The Labute approximate surface area is 162 Å². The number of thiazole rings is 1. The van der Waals surface area contributed by atoms with Gasteiger partial charge >= 0.3 is 0 Å². The average Bonchev–Trinajstić information content (AvgIpc) is 3.39. The second kappa shape index (κ2) is 7.62. The molecule has 0 atom stereocenters. The molecule has 6 nitrogen and oxygen atoms in total. The maximum Gasteiger partial charge on any atom is 0.254 e. The lowest BCUT2D eigenvalue weighted by Gasteiger charge is -2.36. The molecule has 1 aliphatic rings. The number of nitrogens with zero attached hydrogens (tertiary/aromatic N) is 3. The van der Waals surface area contributed by atoms with Gasteiger partial charge in [-0.3, -0.25) is 14.8 Å². The van der Waals surface area contributed by atoms with Crippen LogP contribution in [0.3, 0.4) is 0 Å². The predicted octanol–water partition coefficient (Wildman–Crippen LogP) is 3.29. The number of piperidine rings is 1. The van der Waals surface area contributed by atoms with Crippen LogP contribution in [0, 0.1) is 0 Å². The Morgan fingerprint density at radius 3 is 2.70 bits per heavy atom. The Kier molecular flexibility index (Phi) is 5.05. The van der Waals surface area contributed by atoms with Gasteiger partial charge in [0.25, 0.3) is 5.91 Å². The molecule has 2 aromatic heterocycles. The summed E-state index contributed by atoms with van der Waals surface area (Å²) in [6.07, 6.45) is 5.89. The van der Waals surface area contributed by atoms with Crippen LogP contribution in [0.4, 0.5) is 5.13 Å². The van der Waals surface area contributed by atoms with Crippen LogP contribution in [-0.2, 0) is 16.8 Å². The average molecular weight is 382 g/mol. The monoisotopic (exact) mass is 381 g/mol. The zero-order valence-electron chi connectivity index (χ0n) is 15.3. The first-order valence-corrected chi connectivity index (χ1v) is 10.1. The number of carbonyl (C=O) groups excluding carboxylic acids is 1. The molecule has 1 fully saturated rings. The van der Waals surface area contributed by atoms with Crippen molar-refractivity contribution in [3.63, 3.8) is 0 Å². The van der Waals surface area contributed by atoms with Crippen LogP contribution in [0.1, 0.15) is 24.6 Å².